The van der Waals surface area contributed by atoms with Gasteiger partial charge in [-0.2, -0.15) is 0 Å². The van der Waals surface area contributed by atoms with Gasteiger partial charge in [0.05, 0.1) is 11.0 Å². The molecule has 1 aliphatic carbocycles. The first-order chi connectivity index (χ1) is 11.1. The maximum atomic E-state index is 11.1. The minimum Gasteiger partial charge on any atom is -0.378 e. The van der Waals surface area contributed by atoms with E-state index in [9.17, 15) is 10.1 Å². The lowest BCUT2D eigenvalue weighted by atomic mass is 9.76. The van der Waals surface area contributed by atoms with Gasteiger partial charge in [-0.25, -0.2) is 0 Å². The molecule has 1 N–H and O–H groups in total. The van der Waals surface area contributed by atoms with Crippen molar-refractivity contribution in [1.82, 2.24) is 0 Å². The zero-order valence-electron chi connectivity index (χ0n) is 12.9. The van der Waals surface area contributed by atoms with Crippen molar-refractivity contribution in [2.45, 2.75) is 25.3 Å². The molecule has 2 aromatic carbocycles. The standard InChI is InChI=1S/C19H18N2O2/c1-12-8-9-18-17(10-12)15-6-3-7-16(15)19(20-18)13-4-2-5-14(11-13)21(22)23/h2-6,8-11,15-16,19-20H,7H2,1H3/t15-,16+,19+/m0/s1. The van der Waals surface area contributed by atoms with E-state index in [1.165, 1.54) is 11.1 Å². The number of hydrogen-bond donors (Lipinski definition) is 1. The first kappa shape index (κ1) is 14.0. The Morgan fingerprint density at radius 3 is 2.91 bits per heavy atom. The van der Waals surface area contributed by atoms with Crippen LogP contribution in [0.4, 0.5) is 11.4 Å². The van der Waals surface area contributed by atoms with E-state index in [1.54, 1.807) is 18.2 Å². The zero-order chi connectivity index (χ0) is 16.0. The van der Waals surface area contributed by atoms with Gasteiger partial charge in [0, 0.05) is 23.7 Å². The Labute approximate surface area is 135 Å². The Hall–Kier alpha value is -2.62. The van der Waals surface area contributed by atoms with Crippen molar-refractivity contribution >= 4 is 11.4 Å². The Morgan fingerprint density at radius 2 is 2.09 bits per heavy atom. The van der Waals surface area contributed by atoms with Gasteiger partial charge in [0.2, 0.25) is 0 Å². The van der Waals surface area contributed by atoms with Crippen molar-refractivity contribution in [3.8, 4) is 0 Å². The Morgan fingerprint density at radius 1 is 1.22 bits per heavy atom. The maximum Gasteiger partial charge on any atom is 0.269 e. The van der Waals surface area contributed by atoms with Crippen molar-refractivity contribution in [3.63, 3.8) is 0 Å². The molecule has 2 aliphatic rings. The van der Waals surface area contributed by atoms with Crippen LogP contribution in [0.3, 0.4) is 0 Å². The second-order valence-corrected chi connectivity index (χ2v) is 6.42. The molecule has 4 nitrogen and oxygen atoms in total. The van der Waals surface area contributed by atoms with Crippen LogP contribution in [0.5, 0.6) is 0 Å². The Kier molecular flexibility index (Phi) is 3.18. The number of hydrogen-bond acceptors (Lipinski definition) is 3. The van der Waals surface area contributed by atoms with Crippen molar-refractivity contribution in [2.75, 3.05) is 5.32 Å². The molecule has 1 aliphatic heterocycles. The lowest BCUT2D eigenvalue weighted by Gasteiger charge is -2.37. The number of nitrogens with zero attached hydrogens (tertiary/aromatic N) is 1. The molecule has 0 spiro atoms. The van der Waals surface area contributed by atoms with Crippen molar-refractivity contribution in [3.05, 3.63) is 81.4 Å². The van der Waals surface area contributed by atoms with Crippen LogP contribution in [-0.4, -0.2) is 4.92 Å². The first-order valence-electron chi connectivity index (χ1n) is 7.91. The van der Waals surface area contributed by atoms with Crippen LogP contribution in [-0.2, 0) is 0 Å². The van der Waals surface area contributed by atoms with E-state index >= 15 is 0 Å². The molecule has 4 heteroatoms. The van der Waals surface area contributed by atoms with Crippen molar-refractivity contribution < 1.29 is 4.92 Å². The van der Waals surface area contributed by atoms with Crippen molar-refractivity contribution in [1.29, 1.82) is 0 Å². The largest absolute Gasteiger partial charge is 0.378 e. The second-order valence-electron chi connectivity index (χ2n) is 6.42. The van der Waals surface area contributed by atoms with Crippen LogP contribution in [0, 0.1) is 23.0 Å². The van der Waals surface area contributed by atoms with E-state index in [0.717, 1.165) is 17.7 Å². The molecule has 0 unspecified atom stereocenters. The topological polar surface area (TPSA) is 55.2 Å². The van der Waals surface area contributed by atoms with Crippen LogP contribution in [0.1, 0.15) is 35.1 Å². The third-order valence-electron chi connectivity index (χ3n) is 4.96. The summed E-state index contributed by atoms with van der Waals surface area (Å²) in [4.78, 5) is 10.7. The minimum absolute atomic E-state index is 0.102. The minimum atomic E-state index is -0.325. The zero-order valence-corrected chi connectivity index (χ0v) is 12.9. The number of nitrogens with one attached hydrogen (secondary N) is 1. The molecule has 3 atom stereocenters. The molecule has 23 heavy (non-hydrogen) atoms. The maximum absolute atomic E-state index is 11.1. The molecule has 4 rings (SSSR count). The molecule has 0 bridgehead atoms. The van der Waals surface area contributed by atoms with E-state index in [0.29, 0.717) is 11.8 Å². The van der Waals surface area contributed by atoms with Gasteiger partial charge in [0.1, 0.15) is 0 Å². The van der Waals surface area contributed by atoms with E-state index < -0.39 is 0 Å². The van der Waals surface area contributed by atoms with E-state index in [1.807, 2.05) is 6.07 Å². The highest BCUT2D eigenvalue weighted by atomic mass is 16.6. The van der Waals surface area contributed by atoms with Gasteiger partial charge in [0.25, 0.3) is 5.69 Å². The smallest absolute Gasteiger partial charge is 0.269 e. The molecule has 0 aromatic heterocycles. The summed E-state index contributed by atoms with van der Waals surface area (Å²) in [6.45, 7) is 2.11. The molecule has 1 heterocycles. The van der Waals surface area contributed by atoms with Gasteiger partial charge in [-0.3, -0.25) is 10.1 Å². The normalized spacial score (nSPS) is 24.7. The Bertz CT molecular complexity index is 813. The molecule has 0 radical (unpaired) electrons. The van der Waals surface area contributed by atoms with Gasteiger partial charge < -0.3 is 5.32 Å². The molecular formula is C19H18N2O2. The predicted octanol–water partition coefficient (Wildman–Crippen LogP) is 4.73. The fraction of sp³-hybridized carbons (Fsp3) is 0.263. The number of rotatable bonds is 2. The number of benzene rings is 2. The quantitative estimate of drug-likeness (QED) is 0.496. The highest BCUT2D eigenvalue weighted by molar-refractivity contribution is 5.61. The van der Waals surface area contributed by atoms with Crippen LogP contribution in [0.25, 0.3) is 0 Å². The summed E-state index contributed by atoms with van der Waals surface area (Å²) in [7, 11) is 0. The van der Waals surface area contributed by atoms with Crippen LogP contribution >= 0.6 is 0 Å². The average Bonchev–Trinajstić information content (AvgIpc) is 3.04. The van der Waals surface area contributed by atoms with Crippen LogP contribution in [0.2, 0.25) is 0 Å². The van der Waals surface area contributed by atoms with Crippen LogP contribution in [0.15, 0.2) is 54.6 Å². The molecule has 2 aromatic rings. The average molecular weight is 306 g/mol. The van der Waals surface area contributed by atoms with E-state index in [2.05, 4.69) is 42.6 Å². The summed E-state index contributed by atoms with van der Waals surface area (Å²) < 4.78 is 0. The first-order valence-corrected chi connectivity index (χ1v) is 7.91. The van der Waals surface area contributed by atoms with Gasteiger partial charge in [-0.15, -0.1) is 0 Å². The predicted molar refractivity (Wildman–Crippen MR) is 90.6 cm³/mol. The van der Waals surface area contributed by atoms with Gasteiger partial charge in [0.15, 0.2) is 0 Å². The number of non-ortho nitro benzene ring substituents is 1. The summed E-state index contributed by atoms with van der Waals surface area (Å²) in [5.74, 6) is 0.793. The number of nitro benzene ring substituents is 1. The number of nitro groups is 1. The van der Waals surface area contributed by atoms with E-state index in [-0.39, 0.29) is 16.7 Å². The lowest BCUT2D eigenvalue weighted by molar-refractivity contribution is -0.384. The van der Waals surface area contributed by atoms with Gasteiger partial charge in [-0.05, 0) is 36.5 Å². The van der Waals surface area contributed by atoms with E-state index in [4.69, 9.17) is 0 Å². The fourth-order valence-electron chi connectivity index (χ4n) is 3.88. The number of allylic oxidation sites excluding steroid dienone is 2. The molecule has 0 saturated heterocycles. The summed E-state index contributed by atoms with van der Waals surface area (Å²) in [5.41, 5.74) is 4.88. The van der Waals surface area contributed by atoms with Crippen molar-refractivity contribution in [2.24, 2.45) is 5.92 Å². The molecule has 0 fully saturated rings. The molecule has 0 amide bonds. The highest BCUT2D eigenvalue weighted by Gasteiger charge is 2.38. The molecule has 116 valence electrons. The highest BCUT2D eigenvalue weighted by Crippen LogP contribution is 2.50. The molecular weight excluding hydrogens is 288 g/mol. The third kappa shape index (κ3) is 2.31. The number of anilines is 1. The fourth-order valence-corrected chi connectivity index (χ4v) is 3.88. The summed E-state index contributed by atoms with van der Waals surface area (Å²) >= 11 is 0. The summed E-state index contributed by atoms with van der Waals surface area (Å²) in [6.07, 6.45) is 5.52. The van der Waals surface area contributed by atoms with Gasteiger partial charge in [-0.1, -0.05) is 42.0 Å². The summed E-state index contributed by atoms with van der Waals surface area (Å²) in [6, 6.07) is 13.6. The molecule has 0 saturated carbocycles. The number of fused-ring (bicyclic) bond motifs is 3. The van der Waals surface area contributed by atoms with Gasteiger partial charge >= 0.3 is 0 Å². The third-order valence-corrected chi connectivity index (χ3v) is 4.96. The Balaban J connectivity index is 1.78. The van der Waals surface area contributed by atoms with Crippen LogP contribution < -0.4 is 5.32 Å². The summed E-state index contributed by atoms with van der Waals surface area (Å²) in [5, 5.41) is 14.7. The monoisotopic (exact) mass is 306 g/mol. The second kappa shape index (κ2) is 5.23. The lowest BCUT2D eigenvalue weighted by Crippen LogP contribution is -2.29. The SMILES string of the molecule is Cc1ccc2c(c1)[C@H]1C=CC[C@H]1[C@@H](c1cccc([N+](=O)[O-])c1)N2. The number of aryl methyl sites for hydroxylation is 1.